The lowest BCUT2D eigenvalue weighted by Crippen LogP contribution is -2.07. The van der Waals surface area contributed by atoms with Crippen LogP contribution in [0.4, 0.5) is 19.0 Å². The molecule has 0 radical (unpaired) electrons. The predicted octanol–water partition coefficient (Wildman–Crippen LogP) is 3.02. The van der Waals surface area contributed by atoms with Crippen molar-refractivity contribution in [1.82, 2.24) is 15.0 Å². The van der Waals surface area contributed by atoms with Crippen LogP contribution in [0.5, 0.6) is 0 Å². The molecule has 0 aliphatic carbocycles. The lowest BCUT2D eigenvalue weighted by Gasteiger charge is -2.06. The summed E-state index contributed by atoms with van der Waals surface area (Å²) in [6.07, 6.45) is -1.95. The molecule has 2 heterocycles. The van der Waals surface area contributed by atoms with Crippen molar-refractivity contribution in [1.29, 1.82) is 0 Å². The van der Waals surface area contributed by atoms with Crippen molar-refractivity contribution in [2.24, 2.45) is 0 Å². The van der Waals surface area contributed by atoms with E-state index in [4.69, 9.17) is 0 Å². The molecule has 8 heteroatoms. The van der Waals surface area contributed by atoms with Crippen LogP contribution < -0.4 is 5.32 Å². The van der Waals surface area contributed by atoms with Crippen molar-refractivity contribution in [2.45, 2.75) is 6.18 Å². The molecular formula is C11H10ClF3N4. The summed E-state index contributed by atoms with van der Waals surface area (Å²) in [5.74, 6) is 0.583. The van der Waals surface area contributed by atoms with Gasteiger partial charge in [-0.25, -0.2) is 9.97 Å². The van der Waals surface area contributed by atoms with Crippen molar-refractivity contribution >= 4 is 18.2 Å². The molecule has 102 valence electrons. The van der Waals surface area contributed by atoms with Gasteiger partial charge in [-0.1, -0.05) is 0 Å². The Balaban J connectivity index is 0.00000180. The lowest BCUT2D eigenvalue weighted by molar-refractivity contribution is -0.141. The standard InChI is InChI=1S/C11H9F3N4.ClH/c1-15-10-4-8(17-6-18-10)7-2-3-9(16-5-7)11(12,13)14;/h2-6H,1H3,(H,15,17,18);1H. The Morgan fingerprint density at radius 1 is 1.11 bits per heavy atom. The summed E-state index contributed by atoms with van der Waals surface area (Å²) >= 11 is 0. The molecule has 0 aliphatic rings. The Labute approximate surface area is 113 Å². The van der Waals surface area contributed by atoms with Crippen LogP contribution in [0.3, 0.4) is 0 Å². The molecule has 19 heavy (non-hydrogen) atoms. The number of hydrogen-bond acceptors (Lipinski definition) is 4. The maximum Gasteiger partial charge on any atom is 0.433 e. The third-order valence-corrected chi connectivity index (χ3v) is 2.27. The van der Waals surface area contributed by atoms with Gasteiger partial charge in [0.1, 0.15) is 17.8 Å². The van der Waals surface area contributed by atoms with E-state index >= 15 is 0 Å². The van der Waals surface area contributed by atoms with Crippen LogP contribution >= 0.6 is 12.4 Å². The van der Waals surface area contributed by atoms with E-state index in [9.17, 15) is 13.2 Å². The fourth-order valence-electron chi connectivity index (χ4n) is 1.36. The Morgan fingerprint density at radius 3 is 2.37 bits per heavy atom. The molecule has 0 aliphatic heterocycles. The Hall–Kier alpha value is -1.89. The Kier molecular flexibility index (Phi) is 4.66. The van der Waals surface area contributed by atoms with Crippen molar-refractivity contribution < 1.29 is 13.2 Å². The maximum absolute atomic E-state index is 12.3. The van der Waals surface area contributed by atoms with Gasteiger partial charge in [-0.15, -0.1) is 12.4 Å². The highest BCUT2D eigenvalue weighted by molar-refractivity contribution is 5.85. The Morgan fingerprint density at radius 2 is 1.84 bits per heavy atom. The molecule has 0 spiro atoms. The molecule has 0 bridgehead atoms. The molecule has 0 unspecified atom stereocenters. The number of rotatable bonds is 2. The largest absolute Gasteiger partial charge is 0.433 e. The third-order valence-electron chi connectivity index (χ3n) is 2.27. The molecule has 0 aromatic carbocycles. The summed E-state index contributed by atoms with van der Waals surface area (Å²) in [6, 6.07) is 3.89. The minimum absolute atomic E-state index is 0. The molecule has 2 aromatic heterocycles. The van der Waals surface area contributed by atoms with Crippen LogP contribution in [0.15, 0.2) is 30.7 Å². The number of anilines is 1. The quantitative estimate of drug-likeness (QED) is 0.924. The zero-order chi connectivity index (χ0) is 13.2. The molecule has 0 amide bonds. The van der Waals surface area contributed by atoms with Gasteiger partial charge in [-0.3, -0.25) is 4.98 Å². The average Bonchev–Trinajstić information content (AvgIpc) is 2.38. The molecule has 0 saturated heterocycles. The number of pyridine rings is 1. The smallest absolute Gasteiger partial charge is 0.373 e. The minimum Gasteiger partial charge on any atom is -0.373 e. The molecule has 0 saturated carbocycles. The van der Waals surface area contributed by atoms with Crippen LogP contribution in [0, 0.1) is 0 Å². The van der Waals surface area contributed by atoms with Gasteiger partial charge in [0.05, 0.1) is 5.69 Å². The summed E-state index contributed by atoms with van der Waals surface area (Å²) < 4.78 is 37.0. The van der Waals surface area contributed by atoms with Crippen molar-refractivity contribution in [3.63, 3.8) is 0 Å². The van der Waals surface area contributed by atoms with Gasteiger partial charge < -0.3 is 5.32 Å². The number of alkyl halides is 3. The molecule has 1 N–H and O–H groups in total. The summed E-state index contributed by atoms with van der Waals surface area (Å²) in [6.45, 7) is 0. The van der Waals surface area contributed by atoms with Gasteiger partial charge >= 0.3 is 6.18 Å². The molecular weight excluding hydrogens is 281 g/mol. The number of nitrogens with zero attached hydrogens (tertiary/aromatic N) is 3. The molecule has 2 aromatic rings. The summed E-state index contributed by atoms with van der Waals surface area (Å²) in [4.78, 5) is 11.3. The normalized spacial score (nSPS) is 10.7. The van der Waals surface area contributed by atoms with Crippen LogP contribution in [0.1, 0.15) is 5.69 Å². The Bertz CT molecular complexity index is 542. The van der Waals surface area contributed by atoms with Gasteiger partial charge in [0.2, 0.25) is 0 Å². The van der Waals surface area contributed by atoms with Crippen LogP contribution in [0.25, 0.3) is 11.3 Å². The van der Waals surface area contributed by atoms with E-state index < -0.39 is 11.9 Å². The van der Waals surface area contributed by atoms with Gasteiger partial charge in [-0.05, 0) is 12.1 Å². The molecule has 2 rings (SSSR count). The van der Waals surface area contributed by atoms with Gasteiger partial charge in [0, 0.05) is 24.9 Å². The highest BCUT2D eigenvalue weighted by Crippen LogP contribution is 2.28. The van der Waals surface area contributed by atoms with Crippen molar-refractivity contribution in [2.75, 3.05) is 12.4 Å². The van der Waals surface area contributed by atoms with Crippen LogP contribution in [-0.2, 0) is 6.18 Å². The van der Waals surface area contributed by atoms with Crippen molar-refractivity contribution in [3.05, 3.63) is 36.4 Å². The average molecular weight is 291 g/mol. The van der Waals surface area contributed by atoms with E-state index in [1.165, 1.54) is 12.4 Å². The number of hydrogen-bond donors (Lipinski definition) is 1. The van der Waals surface area contributed by atoms with Crippen molar-refractivity contribution in [3.8, 4) is 11.3 Å². The monoisotopic (exact) mass is 290 g/mol. The van der Waals surface area contributed by atoms with Gasteiger partial charge in [0.15, 0.2) is 0 Å². The van der Waals surface area contributed by atoms with Crippen LogP contribution in [0.2, 0.25) is 0 Å². The topological polar surface area (TPSA) is 50.7 Å². The fourth-order valence-corrected chi connectivity index (χ4v) is 1.36. The van der Waals surface area contributed by atoms with Crippen LogP contribution in [-0.4, -0.2) is 22.0 Å². The number of aromatic nitrogens is 3. The highest BCUT2D eigenvalue weighted by atomic mass is 35.5. The van der Waals surface area contributed by atoms with Gasteiger partial charge in [0.25, 0.3) is 0 Å². The maximum atomic E-state index is 12.3. The zero-order valence-electron chi connectivity index (χ0n) is 9.77. The molecule has 4 nitrogen and oxygen atoms in total. The summed E-state index contributed by atoms with van der Waals surface area (Å²) in [5, 5.41) is 2.82. The van der Waals surface area contributed by atoms with E-state index in [0.717, 1.165) is 12.3 Å². The van der Waals surface area contributed by atoms with E-state index in [0.29, 0.717) is 17.1 Å². The SMILES string of the molecule is CNc1cc(-c2ccc(C(F)(F)F)nc2)ncn1.Cl. The molecule has 0 fully saturated rings. The zero-order valence-corrected chi connectivity index (χ0v) is 10.6. The number of nitrogens with one attached hydrogen (secondary N) is 1. The summed E-state index contributed by atoms with van der Waals surface area (Å²) in [7, 11) is 1.69. The first-order valence-electron chi connectivity index (χ1n) is 5.04. The second-order valence-corrected chi connectivity index (χ2v) is 3.47. The second kappa shape index (κ2) is 5.83. The van der Waals surface area contributed by atoms with E-state index in [2.05, 4.69) is 20.3 Å². The first kappa shape index (κ1) is 15.2. The van der Waals surface area contributed by atoms with E-state index in [1.807, 2.05) is 0 Å². The lowest BCUT2D eigenvalue weighted by atomic mass is 10.2. The first-order valence-corrected chi connectivity index (χ1v) is 5.04. The number of halogens is 4. The third kappa shape index (κ3) is 3.54. The van der Waals surface area contributed by atoms with E-state index in [1.54, 1.807) is 13.1 Å². The van der Waals surface area contributed by atoms with Gasteiger partial charge in [-0.2, -0.15) is 13.2 Å². The fraction of sp³-hybridized carbons (Fsp3) is 0.182. The summed E-state index contributed by atoms with van der Waals surface area (Å²) in [5.41, 5.74) is 0.0895. The second-order valence-electron chi connectivity index (χ2n) is 3.47. The predicted molar refractivity (Wildman–Crippen MR) is 67.1 cm³/mol. The first-order chi connectivity index (χ1) is 8.50. The van der Waals surface area contributed by atoms with E-state index in [-0.39, 0.29) is 12.4 Å². The minimum atomic E-state index is -4.43. The molecule has 0 atom stereocenters. The highest BCUT2D eigenvalue weighted by Gasteiger charge is 2.32.